The van der Waals surface area contributed by atoms with Crippen LogP contribution < -0.4 is 4.74 Å². The predicted molar refractivity (Wildman–Crippen MR) is 59.7 cm³/mol. The van der Waals surface area contributed by atoms with Gasteiger partial charge in [0.25, 0.3) is 0 Å². The Morgan fingerprint density at radius 3 is 2.15 bits per heavy atom. The van der Waals surface area contributed by atoms with Gasteiger partial charge in [-0.15, -0.1) is 0 Å². The Balaban J connectivity index is 2.48. The lowest BCUT2D eigenvalue weighted by Gasteiger charge is -2.15. The summed E-state index contributed by atoms with van der Waals surface area (Å²) >= 11 is 0.855. The van der Waals surface area contributed by atoms with Crippen molar-refractivity contribution in [2.45, 2.75) is 12.4 Å². The molecule has 1 aromatic heterocycles. The van der Waals surface area contributed by atoms with Crippen LogP contribution in [0.25, 0.3) is 0 Å². The number of hydrogen-bond donors (Lipinski definition) is 0. The molecule has 0 aliphatic heterocycles. The van der Waals surface area contributed by atoms with E-state index in [2.05, 4.69) is 5.38 Å². The molecule has 0 atom stereocenters. The van der Waals surface area contributed by atoms with Crippen LogP contribution in [0.2, 0.25) is 0 Å². The van der Waals surface area contributed by atoms with E-state index in [4.69, 9.17) is 4.74 Å². The zero-order valence-corrected chi connectivity index (χ0v) is 10.3. The second kappa shape index (κ2) is 5.01. The maximum atomic E-state index is 12.7. The zero-order valence-electron chi connectivity index (χ0n) is 9.47. The molecule has 0 fully saturated rings. The number of alkyl halides is 6. The van der Waals surface area contributed by atoms with Gasteiger partial charge in [0.15, 0.2) is 5.06 Å². The average Bonchev–Trinajstić information content (AvgIpc) is 2.79. The van der Waals surface area contributed by atoms with Gasteiger partial charge in [0.1, 0.15) is 5.75 Å². The molecule has 0 saturated heterocycles. The SMILES string of the molecule is FC(F)(F)c1ccc(C(F)(F)F)c(Oc2cc[c]s2)c1. The molecule has 0 unspecified atom stereocenters. The van der Waals surface area contributed by atoms with Crippen LogP contribution in [0.1, 0.15) is 11.1 Å². The molecule has 1 radical (unpaired) electrons. The van der Waals surface area contributed by atoms with Gasteiger partial charge in [0.05, 0.1) is 11.1 Å². The third-order valence-electron chi connectivity index (χ3n) is 2.27. The van der Waals surface area contributed by atoms with Gasteiger partial charge in [-0.05, 0) is 30.3 Å². The van der Waals surface area contributed by atoms with Crippen molar-refractivity contribution < 1.29 is 31.1 Å². The number of rotatable bonds is 2. The van der Waals surface area contributed by atoms with Crippen molar-refractivity contribution in [2.24, 2.45) is 0 Å². The molecule has 0 aliphatic rings. The van der Waals surface area contributed by atoms with Crippen molar-refractivity contribution >= 4 is 11.3 Å². The molecule has 1 nitrogen and oxygen atoms in total. The minimum Gasteiger partial charge on any atom is -0.446 e. The van der Waals surface area contributed by atoms with E-state index >= 15 is 0 Å². The summed E-state index contributed by atoms with van der Waals surface area (Å²) in [5.74, 6) is -0.886. The number of thiophene rings is 1. The minimum atomic E-state index is -4.81. The molecule has 0 bridgehead atoms. The molecule has 20 heavy (non-hydrogen) atoms. The van der Waals surface area contributed by atoms with Gasteiger partial charge in [0, 0.05) is 5.38 Å². The highest BCUT2D eigenvalue weighted by Gasteiger charge is 2.38. The van der Waals surface area contributed by atoms with Crippen LogP contribution in [0, 0.1) is 5.38 Å². The largest absolute Gasteiger partial charge is 0.446 e. The van der Waals surface area contributed by atoms with Crippen molar-refractivity contribution in [1.29, 1.82) is 0 Å². The third kappa shape index (κ3) is 3.24. The highest BCUT2D eigenvalue weighted by atomic mass is 32.1. The Hall–Kier alpha value is -1.70. The molecule has 1 heterocycles. The van der Waals surface area contributed by atoms with Gasteiger partial charge in [-0.1, -0.05) is 11.3 Å². The molecular weight excluding hydrogens is 306 g/mol. The van der Waals surface area contributed by atoms with Crippen molar-refractivity contribution in [3.63, 3.8) is 0 Å². The normalized spacial score (nSPS) is 12.5. The maximum Gasteiger partial charge on any atom is 0.419 e. The first kappa shape index (κ1) is 14.7. The van der Waals surface area contributed by atoms with E-state index in [1.165, 1.54) is 12.1 Å². The van der Waals surface area contributed by atoms with Gasteiger partial charge in [-0.25, -0.2) is 0 Å². The Morgan fingerprint density at radius 1 is 0.950 bits per heavy atom. The van der Waals surface area contributed by atoms with E-state index in [9.17, 15) is 26.3 Å². The standard InChI is InChI=1S/C12H5F6OS/c13-11(14,15)7-3-4-8(12(16,17)18)9(6-7)19-10-2-1-5-20-10/h1-4,6H. The summed E-state index contributed by atoms with van der Waals surface area (Å²) in [5.41, 5.74) is -2.47. The summed E-state index contributed by atoms with van der Waals surface area (Å²) in [6.07, 6.45) is -9.55. The minimum absolute atomic E-state index is 0.0230. The number of ether oxygens (including phenoxy) is 1. The van der Waals surface area contributed by atoms with E-state index in [0.29, 0.717) is 18.2 Å². The summed E-state index contributed by atoms with van der Waals surface area (Å²) in [7, 11) is 0. The van der Waals surface area contributed by atoms with Gasteiger partial charge >= 0.3 is 12.4 Å². The van der Waals surface area contributed by atoms with Gasteiger partial charge in [-0.2, -0.15) is 26.3 Å². The number of hydrogen-bond acceptors (Lipinski definition) is 2. The fourth-order valence-electron chi connectivity index (χ4n) is 1.41. The van der Waals surface area contributed by atoms with E-state index in [1.54, 1.807) is 0 Å². The molecule has 0 spiro atoms. The van der Waals surface area contributed by atoms with Crippen LogP contribution in [0.4, 0.5) is 26.3 Å². The lowest BCUT2D eigenvalue weighted by molar-refractivity contribution is -0.142. The highest BCUT2D eigenvalue weighted by molar-refractivity contribution is 7.11. The molecule has 2 rings (SSSR count). The summed E-state index contributed by atoms with van der Waals surface area (Å²) in [4.78, 5) is 0. The molecule has 107 valence electrons. The summed E-state index contributed by atoms with van der Waals surface area (Å²) < 4.78 is 80.7. The zero-order chi connectivity index (χ0) is 15.0. The smallest absolute Gasteiger partial charge is 0.419 e. The van der Waals surface area contributed by atoms with Crippen molar-refractivity contribution in [1.82, 2.24) is 0 Å². The quantitative estimate of drug-likeness (QED) is 0.677. The molecule has 8 heteroatoms. The van der Waals surface area contributed by atoms with Crippen molar-refractivity contribution in [2.75, 3.05) is 0 Å². The second-order valence-corrected chi connectivity index (χ2v) is 4.52. The van der Waals surface area contributed by atoms with Crippen LogP contribution in [-0.4, -0.2) is 0 Å². The Kier molecular flexibility index (Phi) is 3.68. The molecule has 0 aliphatic carbocycles. The number of halogens is 6. The monoisotopic (exact) mass is 311 g/mol. The maximum absolute atomic E-state index is 12.7. The van der Waals surface area contributed by atoms with Crippen LogP contribution in [0.5, 0.6) is 10.8 Å². The first-order chi connectivity index (χ1) is 9.18. The Morgan fingerprint density at radius 2 is 1.65 bits per heavy atom. The van der Waals surface area contributed by atoms with E-state index < -0.39 is 29.2 Å². The molecule has 0 N–H and O–H groups in total. The van der Waals surface area contributed by atoms with E-state index in [1.807, 2.05) is 0 Å². The van der Waals surface area contributed by atoms with E-state index in [0.717, 1.165) is 11.3 Å². The molecule has 0 saturated carbocycles. The molecule has 1 aromatic carbocycles. The molecular formula is C12H5F6OS. The summed E-state index contributed by atoms with van der Waals surface area (Å²) in [6, 6.07) is 3.76. The highest BCUT2D eigenvalue weighted by Crippen LogP contribution is 2.42. The van der Waals surface area contributed by atoms with Gasteiger partial charge in [0.2, 0.25) is 0 Å². The van der Waals surface area contributed by atoms with Gasteiger partial charge < -0.3 is 4.74 Å². The van der Waals surface area contributed by atoms with Crippen LogP contribution in [0.15, 0.2) is 30.3 Å². The average molecular weight is 311 g/mol. The first-order valence-electron chi connectivity index (χ1n) is 5.10. The lowest BCUT2D eigenvalue weighted by atomic mass is 10.1. The molecule has 0 amide bonds. The lowest BCUT2D eigenvalue weighted by Crippen LogP contribution is -2.10. The predicted octanol–water partition coefficient (Wildman–Crippen LogP) is 5.38. The van der Waals surface area contributed by atoms with Crippen molar-refractivity contribution in [3.05, 3.63) is 46.8 Å². The molecule has 2 aromatic rings. The topological polar surface area (TPSA) is 9.23 Å². The van der Waals surface area contributed by atoms with E-state index in [-0.39, 0.29) is 5.06 Å². The van der Waals surface area contributed by atoms with Gasteiger partial charge in [-0.3, -0.25) is 0 Å². The first-order valence-corrected chi connectivity index (χ1v) is 5.92. The second-order valence-electron chi connectivity index (χ2n) is 3.68. The van der Waals surface area contributed by atoms with Crippen LogP contribution in [0.3, 0.4) is 0 Å². The Labute approximate surface area is 113 Å². The fourth-order valence-corrected chi connectivity index (χ4v) is 1.93. The number of benzene rings is 1. The Bertz CT molecular complexity index is 585. The van der Waals surface area contributed by atoms with Crippen LogP contribution in [-0.2, 0) is 12.4 Å². The third-order valence-corrected chi connectivity index (χ3v) is 2.95. The fraction of sp³-hybridized carbons (Fsp3) is 0.167. The van der Waals surface area contributed by atoms with Crippen LogP contribution >= 0.6 is 11.3 Å². The summed E-state index contributed by atoms with van der Waals surface area (Å²) in [6.45, 7) is 0. The summed E-state index contributed by atoms with van der Waals surface area (Å²) in [5, 5.41) is 2.59. The van der Waals surface area contributed by atoms with Crippen molar-refractivity contribution in [3.8, 4) is 10.8 Å².